The second kappa shape index (κ2) is 5.47. The third kappa shape index (κ3) is 2.48. The molecule has 1 aliphatic heterocycles. The molecule has 1 aromatic heterocycles. The van der Waals surface area contributed by atoms with Crippen LogP contribution in [0.3, 0.4) is 0 Å². The van der Waals surface area contributed by atoms with Crippen LogP contribution < -0.4 is 0 Å². The summed E-state index contributed by atoms with van der Waals surface area (Å²) in [6.45, 7) is 7.19. The van der Waals surface area contributed by atoms with Gasteiger partial charge >= 0.3 is 0 Å². The van der Waals surface area contributed by atoms with Gasteiger partial charge in [-0.25, -0.2) is 0 Å². The van der Waals surface area contributed by atoms with Gasteiger partial charge in [-0.3, -0.25) is 4.79 Å². The number of carbonyl (C=O) groups excluding carboxylic acids is 1. The zero-order valence-electron chi connectivity index (χ0n) is 11.3. The summed E-state index contributed by atoms with van der Waals surface area (Å²) in [5.74, 6) is 0.169. The van der Waals surface area contributed by atoms with Crippen LogP contribution in [0.25, 0.3) is 0 Å². The Labute approximate surface area is 117 Å². The van der Waals surface area contributed by atoms with Crippen molar-refractivity contribution in [2.45, 2.75) is 58.7 Å². The van der Waals surface area contributed by atoms with Crippen LogP contribution in [0.1, 0.15) is 50.5 Å². The van der Waals surface area contributed by atoms with Gasteiger partial charge in [0.2, 0.25) is 0 Å². The Hall–Kier alpha value is -0.770. The molecule has 0 aliphatic carbocycles. The molecule has 4 heteroatoms. The average Bonchev–Trinajstić information content (AvgIpc) is 2.70. The van der Waals surface area contributed by atoms with E-state index in [4.69, 9.17) is 0 Å². The van der Waals surface area contributed by atoms with Crippen molar-refractivity contribution in [2.75, 3.05) is 0 Å². The lowest BCUT2D eigenvalue weighted by atomic mass is 9.97. The molecule has 100 valence electrons. The van der Waals surface area contributed by atoms with Crippen molar-refractivity contribution in [3.05, 3.63) is 22.4 Å². The van der Waals surface area contributed by atoms with Gasteiger partial charge in [-0.15, -0.1) is 0 Å². The fourth-order valence-electron chi connectivity index (χ4n) is 2.87. The monoisotopic (exact) mass is 312 g/mol. The lowest BCUT2D eigenvalue weighted by Crippen LogP contribution is -2.48. The number of nitrogens with zero attached hydrogens (tertiary/aromatic N) is 2. The molecule has 1 saturated heterocycles. The molecule has 2 heterocycles. The Bertz CT molecular complexity index is 431. The average molecular weight is 313 g/mol. The Morgan fingerprint density at radius 3 is 2.56 bits per heavy atom. The first kappa shape index (κ1) is 13.7. The predicted molar refractivity (Wildman–Crippen MR) is 76.8 cm³/mol. The number of aryl methyl sites for hydroxylation is 1. The highest BCUT2D eigenvalue weighted by atomic mass is 79.9. The molecule has 18 heavy (non-hydrogen) atoms. The topological polar surface area (TPSA) is 25.2 Å². The number of rotatable bonds is 2. The van der Waals surface area contributed by atoms with Crippen LogP contribution >= 0.6 is 15.9 Å². The molecule has 0 spiro atoms. The summed E-state index contributed by atoms with van der Waals surface area (Å²) in [5.41, 5.74) is 0.796. The van der Waals surface area contributed by atoms with Gasteiger partial charge in [0.1, 0.15) is 5.69 Å². The van der Waals surface area contributed by atoms with Gasteiger partial charge in [-0.1, -0.05) is 0 Å². The van der Waals surface area contributed by atoms with Gasteiger partial charge in [0.15, 0.2) is 0 Å². The summed E-state index contributed by atoms with van der Waals surface area (Å²) in [6, 6.07) is 2.63. The number of hydrogen-bond donors (Lipinski definition) is 0. The highest BCUT2D eigenvalue weighted by Gasteiger charge is 2.31. The molecule has 1 aliphatic rings. The van der Waals surface area contributed by atoms with Gasteiger partial charge in [-0.05, 0) is 62.0 Å². The van der Waals surface area contributed by atoms with E-state index in [0.717, 1.165) is 29.6 Å². The fraction of sp³-hybridized carbons (Fsp3) is 0.643. The molecule has 1 amide bonds. The van der Waals surface area contributed by atoms with Crippen molar-refractivity contribution in [1.29, 1.82) is 0 Å². The minimum atomic E-state index is 0.169. The molecular weight excluding hydrogens is 292 g/mol. The van der Waals surface area contributed by atoms with Crippen molar-refractivity contribution in [1.82, 2.24) is 9.47 Å². The zero-order chi connectivity index (χ0) is 13.3. The maximum atomic E-state index is 12.7. The van der Waals surface area contributed by atoms with Crippen LogP contribution in [0, 0.1) is 0 Å². The number of aromatic nitrogens is 1. The molecule has 3 nitrogen and oxygen atoms in total. The number of likely N-dealkylation sites (tertiary alicyclic amines) is 1. The quantitative estimate of drug-likeness (QED) is 0.818. The van der Waals surface area contributed by atoms with Gasteiger partial charge in [0.05, 0.1) is 0 Å². The number of hydrogen-bond acceptors (Lipinski definition) is 1. The van der Waals surface area contributed by atoms with E-state index in [9.17, 15) is 4.79 Å². The molecule has 0 radical (unpaired) electrons. The first-order valence-electron chi connectivity index (χ1n) is 6.73. The highest BCUT2D eigenvalue weighted by molar-refractivity contribution is 9.10. The molecule has 0 bridgehead atoms. The summed E-state index contributed by atoms with van der Waals surface area (Å²) in [7, 11) is 0. The number of piperidine rings is 1. The largest absolute Gasteiger partial charge is 0.343 e. The normalized spacial score (nSPS) is 24.3. The van der Waals surface area contributed by atoms with Crippen molar-refractivity contribution in [2.24, 2.45) is 0 Å². The lowest BCUT2D eigenvalue weighted by Gasteiger charge is -2.39. The number of carbonyl (C=O) groups is 1. The first-order valence-corrected chi connectivity index (χ1v) is 7.52. The van der Waals surface area contributed by atoms with E-state index in [2.05, 4.69) is 41.6 Å². The third-order valence-electron chi connectivity index (χ3n) is 3.85. The smallest absolute Gasteiger partial charge is 0.270 e. The second-order valence-electron chi connectivity index (χ2n) is 5.17. The van der Waals surface area contributed by atoms with Crippen LogP contribution in [0.4, 0.5) is 0 Å². The van der Waals surface area contributed by atoms with Crippen LogP contribution in [-0.2, 0) is 6.54 Å². The summed E-state index contributed by atoms with van der Waals surface area (Å²) in [4.78, 5) is 14.8. The maximum Gasteiger partial charge on any atom is 0.270 e. The summed E-state index contributed by atoms with van der Waals surface area (Å²) in [6.07, 6.45) is 5.44. The molecule has 1 fully saturated rings. The highest BCUT2D eigenvalue weighted by Crippen LogP contribution is 2.26. The van der Waals surface area contributed by atoms with Crippen molar-refractivity contribution < 1.29 is 4.79 Å². The molecule has 0 saturated carbocycles. The number of amides is 1. The van der Waals surface area contributed by atoms with E-state index in [-0.39, 0.29) is 5.91 Å². The molecule has 2 rings (SSSR count). The molecule has 2 atom stereocenters. The number of halogens is 1. The van der Waals surface area contributed by atoms with E-state index in [1.165, 1.54) is 6.42 Å². The van der Waals surface area contributed by atoms with Gasteiger partial charge in [-0.2, -0.15) is 0 Å². The second-order valence-corrected chi connectivity index (χ2v) is 6.09. The Kier molecular flexibility index (Phi) is 4.15. The van der Waals surface area contributed by atoms with Crippen LogP contribution in [0.2, 0.25) is 0 Å². The maximum absolute atomic E-state index is 12.7. The van der Waals surface area contributed by atoms with E-state index < -0.39 is 0 Å². The van der Waals surface area contributed by atoms with E-state index >= 15 is 0 Å². The summed E-state index contributed by atoms with van der Waals surface area (Å²) in [5, 5.41) is 0. The molecule has 0 N–H and O–H groups in total. The standard InChI is InChI=1S/C14H21BrN2O/c1-4-16-9-12(15)8-13(16)14(18)17-10(2)6-5-7-11(17)3/h8-11H,4-7H2,1-3H3/t10-,11+. The van der Waals surface area contributed by atoms with Gasteiger partial charge < -0.3 is 9.47 Å². The van der Waals surface area contributed by atoms with Crippen molar-refractivity contribution >= 4 is 21.8 Å². The minimum Gasteiger partial charge on any atom is -0.343 e. The first-order chi connectivity index (χ1) is 8.54. The molecular formula is C14H21BrN2O. The minimum absolute atomic E-state index is 0.169. The molecule has 0 aromatic carbocycles. The third-order valence-corrected chi connectivity index (χ3v) is 4.28. The van der Waals surface area contributed by atoms with E-state index in [1.54, 1.807) is 0 Å². The van der Waals surface area contributed by atoms with E-state index in [1.807, 2.05) is 16.8 Å². The Morgan fingerprint density at radius 1 is 1.39 bits per heavy atom. The van der Waals surface area contributed by atoms with Crippen LogP contribution in [0.15, 0.2) is 16.7 Å². The predicted octanol–water partition coefficient (Wildman–Crippen LogP) is 3.67. The van der Waals surface area contributed by atoms with Crippen molar-refractivity contribution in [3.63, 3.8) is 0 Å². The van der Waals surface area contributed by atoms with E-state index in [0.29, 0.717) is 12.1 Å². The van der Waals surface area contributed by atoms with Crippen LogP contribution in [0.5, 0.6) is 0 Å². The SMILES string of the molecule is CCn1cc(Br)cc1C(=O)N1[C@H](C)CCC[C@@H]1C. The molecule has 0 unspecified atom stereocenters. The fourth-order valence-corrected chi connectivity index (χ4v) is 3.33. The molecule has 1 aromatic rings. The van der Waals surface area contributed by atoms with Crippen molar-refractivity contribution in [3.8, 4) is 0 Å². The van der Waals surface area contributed by atoms with Gasteiger partial charge in [0.25, 0.3) is 5.91 Å². The zero-order valence-corrected chi connectivity index (χ0v) is 12.9. The van der Waals surface area contributed by atoms with Gasteiger partial charge in [0, 0.05) is 29.3 Å². The summed E-state index contributed by atoms with van der Waals surface area (Å²) >= 11 is 3.45. The lowest BCUT2D eigenvalue weighted by molar-refractivity contribution is 0.0500. The Balaban J connectivity index is 2.29. The van der Waals surface area contributed by atoms with Crippen LogP contribution in [-0.4, -0.2) is 27.5 Å². The Morgan fingerprint density at radius 2 is 2.00 bits per heavy atom. The summed E-state index contributed by atoms with van der Waals surface area (Å²) < 4.78 is 2.99.